The number of carboxylic acids is 1. The molecule has 0 atom stereocenters. The van der Waals surface area contributed by atoms with E-state index in [0.717, 1.165) is 0 Å². The van der Waals surface area contributed by atoms with E-state index in [-0.39, 0.29) is 16.4 Å². The van der Waals surface area contributed by atoms with Crippen molar-refractivity contribution in [3.05, 3.63) is 52.8 Å². The summed E-state index contributed by atoms with van der Waals surface area (Å²) in [4.78, 5) is 26.4. The third-order valence-electron chi connectivity index (χ3n) is 2.75. The molecule has 0 amide bonds. The van der Waals surface area contributed by atoms with Crippen LogP contribution in [0.1, 0.15) is 34.2 Å². The highest BCUT2D eigenvalue weighted by atomic mass is 35.5. The Hall–Kier alpha value is -2.40. The maximum atomic E-state index is 11.5. The van der Waals surface area contributed by atoms with Crippen molar-refractivity contribution in [2.75, 3.05) is 0 Å². The van der Waals surface area contributed by atoms with E-state index in [2.05, 4.69) is 4.98 Å². The molecule has 0 bridgehead atoms. The van der Waals surface area contributed by atoms with Gasteiger partial charge in [0.25, 0.3) is 0 Å². The van der Waals surface area contributed by atoms with Crippen LogP contribution in [0.4, 0.5) is 0 Å². The summed E-state index contributed by atoms with van der Waals surface area (Å²) < 4.78 is 5.50. The second-order valence-corrected chi connectivity index (χ2v) is 4.61. The lowest BCUT2D eigenvalue weighted by Gasteiger charge is -2.07. The molecule has 1 heterocycles. The largest absolute Gasteiger partial charge is 0.478 e. The van der Waals surface area contributed by atoms with Gasteiger partial charge in [-0.25, -0.2) is 9.78 Å². The summed E-state index contributed by atoms with van der Waals surface area (Å²) in [6, 6.07) is 7.50. The first-order valence-corrected chi connectivity index (χ1v) is 6.59. The highest BCUT2D eigenvalue weighted by Gasteiger charge is 2.11. The van der Waals surface area contributed by atoms with Crippen molar-refractivity contribution in [2.24, 2.45) is 0 Å². The minimum atomic E-state index is -1.13. The number of carboxylic acid groups (broad SMARTS) is 1. The van der Waals surface area contributed by atoms with Gasteiger partial charge in [0.2, 0.25) is 0 Å². The molecule has 2 rings (SSSR count). The Balaban J connectivity index is 2.20. The first-order valence-electron chi connectivity index (χ1n) is 6.21. The van der Waals surface area contributed by atoms with Gasteiger partial charge >= 0.3 is 5.97 Å². The van der Waals surface area contributed by atoms with E-state index in [0.29, 0.717) is 23.6 Å². The molecule has 0 fully saturated rings. The number of halogens is 1. The number of pyridine rings is 1. The van der Waals surface area contributed by atoms with E-state index >= 15 is 0 Å². The average molecular weight is 306 g/mol. The number of ether oxygens (including phenoxy) is 1. The topological polar surface area (TPSA) is 76.5 Å². The highest BCUT2D eigenvalue weighted by Crippen LogP contribution is 2.26. The SMILES string of the molecule is CCC(=O)c1ccc(Oc2ccc(Cl)c(C(=O)O)c2)cn1. The number of Topliss-reactive ketones (excluding diaryl/α,β-unsaturated/α-hetero) is 1. The number of carbonyl (C=O) groups is 2. The molecule has 1 aromatic heterocycles. The maximum Gasteiger partial charge on any atom is 0.337 e. The zero-order valence-corrected chi connectivity index (χ0v) is 11.9. The fraction of sp³-hybridized carbons (Fsp3) is 0.133. The number of aromatic carboxylic acids is 1. The summed E-state index contributed by atoms with van der Waals surface area (Å²) in [6.07, 6.45) is 1.80. The molecule has 0 spiro atoms. The first-order chi connectivity index (χ1) is 10.0. The molecule has 6 heteroatoms. The van der Waals surface area contributed by atoms with Crippen molar-refractivity contribution in [1.82, 2.24) is 4.98 Å². The lowest BCUT2D eigenvalue weighted by Crippen LogP contribution is -2.00. The van der Waals surface area contributed by atoms with Gasteiger partial charge in [-0.2, -0.15) is 0 Å². The van der Waals surface area contributed by atoms with Crippen LogP contribution in [0.3, 0.4) is 0 Å². The molecule has 0 radical (unpaired) electrons. The van der Waals surface area contributed by atoms with Gasteiger partial charge < -0.3 is 9.84 Å². The molecule has 21 heavy (non-hydrogen) atoms. The summed E-state index contributed by atoms with van der Waals surface area (Å²) in [6.45, 7) is 1.76. The molecule has 0 aliphatic carbocycles. The van der Waals surface area contributed by atoms with Gasteiger partial charge in [0.1, 0.15) is 17.2 Å². The van der Waals surface area contributed by atoms with Crippen LogP contribution >= 0.6 is 11.6 Å². The minimum Gasteiger partial charge on any atom is -0.478 e. The number of hydrogen-bond acceptors (Lipinski definition) is 4. The van der Waals surface area contributed by atoms with Crippen LogP contribution in [-0.2, 0) is 0 Å². The van der Waals surface area contributed by atoms with Crippen molar-refractivity contribution in [2.45, 2.75) is 13.3 Å². The van der Waals surface area contributed by atoms with E-state index in [1.807, 2.05) is 0 Å². The van der Waals surface area contributed by atoms with E-state index in [1.165, 1.54) is 18.3 Å². The van der Waals surface area contributed by atoms with Gasteiger partial charge in [-0.05, 0) is 30.3 Å². The van der Waals surface area contributed by atoms with E-state index in [4.69, 9.17) is 21.4 Å². The smallest absolute Gasteiger partial charge is 0.337 e. The van der Waals surface area contributed by atoms with E-state index < -0.39 is 5.97 Å². The summed E-state index contributed by atoms with van der Waals surface area (Å²) in [5.74, 6) is -0.455. The second-order valence-electron chi connectivity index (χ2n) is 4.20. The molecular formula is C15H12ClNO4. The molecule has 0 saturated heterocycles. The quantitative estimate of drug-likeness (QED) is 0.850. The fourth-order valence-electron chi connectivity index (χ4n) is 1.65. The van der Waals surface area contributed by atoms with Gasteiger partial charge in [0, 0.05) is 6.42 Å². The van der Waals surface area contributed by atoms with E-state index in [1.54, 1.807) is 25.1 Å². The molecule has 0 aliphatic heterocycles. The summed E-state index contributed by atoms with van der Waals surface area (Å²) in [5, 5.41) is 9.13. The predicted molar refractivity (Wildman–Crippen MR) is 77.3 cm³/mol. The van der Waals surface area contributed by atoms with Crippen molar-refractivity contribution >= 4 is 23.4 Å². The minimum absolute atomic E-state index is 0.0418. The number of hydrogen-bond donors (Lipinski definition) is 1. The van der Waals surface area contributed by atoms with Crippen LogP contribution in [0, 0.1) is 0 Å². The fourth-order valence-corrected chi connectivity index (χ4v) is 1.85. The van der Waals surface area contributed by atoms with Crippen LogP contribution < -0.4 is 4.74 Å². The van der Waals surface area contributed by atoms with Gasteiger partial charge in [-0.3, -0.25) is 4.79 Å². The van der Waals surface area contributed by atoms with Crippen molar-refractivity contribution < 1.29 is 19.4 Å². The van der Waals surface area contributed by atoms with Crippen LogP contribution in [-0.4, -0.2) is 21.8 Å². The second kappa shape index (κ2) is 6.37. The van der Waals surface area contributed by atoms with Crippen LogP contribution in [0.5, 0.6) is 11.5 Å². The molecular weight excluding hydrogens is 294 g/mol. The third-order valence-corrected chi connectivity index (χ3v) is 3.08. The zero-order chi connectivity index (χ0) is 15.4. The number of aromatic nitrogens is 1. The standard InChI is InChI=1S/C15H12ClNO4/c1-2-14(18)13-6-4-10(8-17-13)21-9-3-5-12(16)11(7-9)15(19)20/h3-8H,2H2,1H3,(H,19,20). The number of rotatable bonds is 5. The van der Waals surface area contributed by atoms with Crippen molar-refractivity contribution in [3.8, 4) is 11.5 Å². The monoisotopic (exact) mass is 305 g/mol. The first kappa shape index (κ1) is 15.0. The summed E-state index contributed by atoms with van der Waals surface area (Å²) >= 11 is 5.78. The molecule has 0 aliphatic rings. The molecule has 0 saturated carbocycles. The van der Waals surface area contributed by atoms with Crippen LogP contribution in [0.25, 0.3) is 0 Å². The molecule has 1 N–H and O–H groups in total. The molecule has 0 unspecified atom stereocenters. The average Bonchev–Trinajstić information content (AvgIpc) is 2.49. The van der Waals surface area contributed by atoms with Gasteiger partial charge in [-0.1, -0.05) is 18.5 Å². The van der Waals surface area contributed by atoms with E-state index in [9.17, 15) is 9.59 Å². The van der Waals surface area contributed by atoms with Crippen LogP contribution in [0.15, 0.2) is 36.5 Å². The van der Waals surface area contributed by atoms with Crippen LogP contribution in [0.2, 0.25) is 5.02 Å². The summed E-state index contributed by atoms with van der Waals surface area (Å²) in [5.41, 5.74) is 0.326. The predicted octanol–water partition coefficient (Wildman–Crippen LogP) is 3.82. The lowest BCUT2D eigenvalue weighted by molar-refractivity contribution is 0.0696. The normalized spacial score (nSPS) is 10.2. The van der Waals surface area contributed by atoms with Gasteiger partial charge in [-0.15, -0.1) is 0 Å². The Morgan fingerprint density at radius 1 is 1.24 bits per heavy atom. The highest BCUT2D eigenvalue weighted by molar-refractivity contribution is 6.33. The van der Waals surface area contributed by atoms with Gasteiger partial charge in [0.15, 0.2) is 5.78 Å². The van der Waals surface area contributed by atoms with Crippen molar-refractivity contribution in [3.63, 3.8) is 0 Å². The Kier molecular flexibility index (Phi) is 4.55. The molecule has 5 nitrogen and oxygen atoms in total. The third kappa shape index (κ3) is 3.58. The van der Waals surface area contributed by atoms with Gasteiger partial charge in [0.05, 0.1) is 16.8 Å². The number of benzene rings is 1. The Morgan fingerprint density at radius 3 is 2.52 bits per heavy atom. The molecule has 1 aromatic carbocycles. The maximum absolute atomic E-state index is 11.5. The molecule has 2 aromatic rings. The summed E-state index contributed by atoms with van der Waals surface area (Å²) in [7, 11) is 0. The Bertz CT molecular complexity index is 683. The lowest BCUT2D eigenvalue weighted by atomic mass is 10.2. The number of nitrogens with zero attached hydrogens (tertiary/aromatic N) is 1. The molecule has 108 valence electrons. The zero-order valence-electron chi connectivity index (χ0n) is 11.2. The Labute approximate surface area is 126 Å². The number of carbonyl (C=O) groups excluding carboxylic acids is 1. The van der Waals surface area contributed by atoms with Crippen molar-refractivity contribution in [1.29, 1.82) is 0 Å². The number of ketones is 1. The Morgan fingerprint density at radius 2 is 1.95 bits per heavy atom.